The van der Waals surface area contributed by atoms with Gasteiger partial charge in [0.15, 0.2) is 0 Å². The zero-order valence-electron chi connectivity index (χ0n) is 19.5. The first-order valence-corrected chi connectivity index (χ1v) is 13.9. The number of hydrogen-bond acceptors (Lipinski definition) is 4. The molecule has 0 bridgehead atoms. The highest BCUT2D eigenvalue weighted by molar-refractivity contribution is 7.97. The van der Waals surface area contributed by atoms with E-state index < -0.39 is 0 Å². The molecule has 1 aromatic carbocycles. The van der Waals surface area contributed by atoms with Crippen molar-refractivity contribution in [2.45, 2.75) is 76.7 Å². The van der Waals surface area contributed by atoms with Crippen LogP contribution in [0.3, 0.4) is 0 Å². The van der Waals surface area contributed by atoms with Crippen molar-refractivity contribution in [3.8, 4) is 11.3 Å². The van der Waals surface area contributed by atoms with E-state index in [1.54, 1.807) is 0 Å². The van der Waals surface area contributed by atoms with Gasteiger partial charge in [-0.1, -0.05) is 37.8 Å². The van der Waals surface area contributed by atoms with Crippen LogP contribution in [0, 0.1) is 19.8 Å². The van der Waals surface area contributed by atoms with Gasteiger partial charge in [0, 0.05) is 59.5 Å². The van der Waals surface area contributed by atoms with E-state index >= 15 is 0 Å². The zero-order valence-corrected chi connectivity index (χ0v) is 21.1. The standard InChI is InChI=1S/C26H36N4S2/c1-19-11-12-22-23(18-30(25(22)15-19)32-28-13-7-4-8-14-28)24-16-26(31-27)20(2)29(24)17-21-9-5-3-6-10-21/h11-12,15-16,18,21H,3-10,13-14,17,27H2,1-2H3. The number of benzene rings is 1. The molecule has 3 aromatic rings. The van der Waals surface area contributed by atoms with Crippen LogP contribution in [0.2, 0.25) is 0 Å². The van der Waals surface area contributed by atoms with E-state index in [2.05, 4.69) is 57.2 Å². The molecule has 0 unspecified atom stereocenters. The van der Waals surface area contributed by atoms with Gasteiger partial charge in [0.05, 0.1) is 11.2 Å². The van der Waals surface area contributed by atoms with Gasteiger partial charge in [0.25, 0.3) is 0 Å². The summed E-state index contributed by atoms with van der Waals surface area (Å²) in [5.74, 6) is 0.780. The third-order valence-electron chi connectivity index (χ3n) is 7.33. The summed E-state index contributed by atoms with van der Waals surface area (Å²) in [5.41, 5.74) is 6.61. The van der Waals surface area contributed by atoms with Crippen LogP contribution in [-0.2, 0) is 6.54 Å². The zero-order chi connectivity index (χ0) is 22.1. The van der Waals surface area contributed by atoms with Crippen LogP contribution < -0.4 is 5.14 Å². The fourth-order valence-corrected chi connectivity index (χ4v) is 7.00. The molecule has 1 saturated carbocycles. The third kappa shape index (κ3) is 4.52. The number of aryl methyl sites for hydroxylation is 1. The Morgan fingerprint density at radius 2 is 1.72 bits per heavy atom. The number of nitrogens with zero attached hydrogens (tertiary/aromatic N) is 3. The van der Waals surface area contributed by atoms with Gasteiger partial charge in [-0.2, -0.15) is 0 Å². The molecule has 5 rings (SSSR count). The van der Waals surface area contributed by atoms with Gasteiger partial charge in [-0.15, -0.1) is 0 Å². The Labute approximate surface area is 201 Å². The van der Waals surface area contributed by atoms with Gasteiger partial charge >= 0.3 is 0 Å². The van der Waals surface area contributed by atoms with E-state index in [0.717, 1.165) is 12.5 Å². The van der Waals surface area contributed by atoms with E-state index in [1.165, 1.54) is 115 Å². The van der Waals surface area contributed by atoms with E-state index in [1.807, 2.05) is 12.1 Å². The van der Waals surface area contributed by atoms with Gasteiger partial charge in [-0.05, 0) is 75.1 Å². The summed E-state index contributed by atoms with van der Waals surface area (Å²) in [6.07, 6.45) is 13.2. The fourth-order valence-electron chi connectivity index (χ4n) is 5.48. The van der Waals surface area contributed by atoms with Gasteiger partial charge < -0.3 is 4.57 Å². The van der Waals surface area contributed by atoms with Crippen molar-refractivity contribution in [2.24, 2.45) is 11.1 Å². The Morgan fingerprint density at radius 1 is 0.969 bits per heavy atom. The molecular formula is C26H36N4S2. The maximum Gasteiger partial charge on any atom is 0.0613 e. The lowest BCUT2D eigenvalue weighted by Crippen LogP contribution is -2.24. The molecule has 172 valence electrons. The van der Waals surface area contributed by atoms with Crippen molar-refractivity contribution >= 4 is 35.0 Å². The molecule has 1 aliphatic heterocycles. The van der Waals surface area contributed by atoms with Crippen molar-refractivity contribution in [2.75, 3.05) is 13.1 Å². The lowest BCUT2D eigenvalue weighted by atomic mass is 9.89. The molecule has 1 saturated heterocycles. The third-order valence-corrected chi connectivity index (χ3v) is 9.08. The van der Waals surface area contributed by atoms with Crippen LogP contribution in [0.1, 0.15) is 62.6 Å². The molecule has 2 N–H and O–H groups in total. The normalized spacial score (nSPS) is 18.6. The largest absolute Gasteiger partial charge is 0.343 e. The highest BCUT2D eigenvalue weighted by Gasteiger charge is 2.22. The van der Waals surface area contributed by atoms with Gasteiger partial charge in [-0.3, -0.25) is 9.11 Å². The Balaban J connectivity index is 1.57. The number of piperidine rings is 1. The van der Waals surface area contributed by atoms with E-state index in [4.69, 9.17) is 5.14 Å². The second kappa shape index (κ2) is 9.88. The lowest BCUT2D eigenvalue weighted by Gasteiger charge is -2.25. The number of hydrogen-bond donors (Lipinski definition) is 1. The number of nitrogens with two attached hydrogens (primary N) is 1. The molecule has 3 heterocycles. The molecule has 0 radical (unpaired) electrons. The van der Waals surface area contributed by atoms with Crippen LogP contribution >= 0.6 is 24.1 Å². The van der Waals surface area contributed by atoms with E-state index in [0.29, 0.717) is 0 Å². The van der Waals surface area contributed by atoms with Crippen LogP contribution in [0.5, 0.6) is 0 Å². The predicted molar refractivity (Wildman–Crippen MR) is 140 cm³/mol. The number of rotatable bonds is 6. The number of fused-ring (bicyclic) bond motifs is 1. The van der Waals surface area contributed by atoms with Crippen LogP contribution in [-0.4, -0.2) is 25.9 Å². The first-order chi connectivity index (χ1) is 15.6. The summed E-state index contributed by atoms with van der Waals surface area (Å²) in [7, 11) is 0. The Kier molecular flexibility index (Phi) is 6.93. The van der Waals surface area contributed by atoms with E-state index in [9.17, 15) is 0 Å². The minimum atomic E-state index is 0.780. The highest BCUT2D eigenvalue weighted by Crippen LogP contribution is 2.39. The summed E-state index contributed by atoms with van der Waals surface area (Å²) in [5, 5.41) is 7.44. The average molecular weight is 469 g/mol. The Morgan fingerprint density at radius 3 is 2.47 bits per heavy atom. The molecule has 32 heavy (non-hydrogen) atoms. The van der Waals surface area contributed by atoms with Crippen LogP contribution in [0.25, 0.3) is 22.2 Å². The summed E-state index contributed by atoms with van der Waals surface area (Å²) < 4.78 is 7.50. The van der Waals surface area contributed by atoms with E-state index in [-0.39, 0.29) is 0 Å². The highest BCUT2D eigenvalue weighted by atomic mass is 32.2. The van der Waals surface area contributed by atoms with Gasteiger partial charge in [0.1, 0.15) is 0 Å². The molecule has 0 amide bonds. The SMILES string of the molecule is Cc1ccc2c(-c3cc(SN)c(C)n3CC3CCCCC3)cn(SN3CCCCC3)c2c1. The summed E-state index contributed by atoms with van der Waals surface area (Å²) >= 11 is 3.28. The molecule has 0 atom stereocenters. The second-order valence-electron chi connectivity index (χ2n) is 9.67. The first-order valence-electron chi connectivity index (χ1n) is 12.3. The average Bonchev–Trinajstić information content (AvgIpc) is 3.32. The van der Waals surface area contributed by atoms with Crippen molar-refractivity contribution in [1.29, 1.82) is 0 Å². The summed E-state index contributed by atoms with van der Waals surface area (Å²) in [6.45, 7) is 7.90. The topological polar surface area (TPSA) is 39.1 Å². The molecule has 2 aliphatic rings. The monoisotopic (exact) mass is 468 g/mol. The molecule has 2 aromatic heterocycles. The maximum absolute atomic E-state index is 6.09. The maximum atomic E-state index is 6.09. The minimum Gasteiger partial charge on any atom is -0.343 e. The molecule has 2 fully saturated rings. The Hall–Kier alpha value is -1.34. The van der Waals surface area contributed by atoms with Gasteiger partial charge in [-0.25, -0.2) is 4.31 Å². The van der Waals surface area contributed by atoms with Crippen molar-refractivity contribution < 1.29 is 0 Å². The molecular weight excluding hydrogens is 432 g/mol. The Bertz CT molecular complexity index is 1070. The first kappa shape index (κ1) is 22.5. The van der Waals surface area contributed by atoms with Crippen LogP contribution in [0.15, 0.2) is 35.4 Å². The van der Waals surface area contributed by atoms with Crippen LogP contribution in [0.4, 0.5) is 0 Å². The minimum absolute atomic E-state index is 0.780. The molecule has 6 heteroatoms. The lowest BCUT2D eigenvalue weighted by molar-refractivity contribution is 0.318. The predicted octanol–water partition coefficient (Wildman–Crippen LogP) is 7.17. The van der Waals surface area contributed by atoms with Crippen molar-refractivity contribution in [3.63, 3.8) is 0 Å². The van der Waals surface area contributed by atoms with Crippen molar-refractivity contribution in [3.05, 3.63) is 41.7 Å². The number of aromatic nitrogens is 2. The molecule has 1 aliphatic carbocycles. The smallest absolute Gasteiger partial charge is 0.0613 e. The van der Waals surface area contributed by atoms with Gasteiger partial charge in [0.2, 0.25) is 0 Å². The summed E-state index contributed by atoms with van der Waals surface area (Å²) in [6, 6.07) is 9.24. The molecule has 0 spiro atoms. The molecule has 4 nitrogen and oxygen atoms in total. The second-order valence-corrected chi connectivity index (χ2v) is 11.4. The summed E-state index contributed by atoms with van der Waals surface area (Å²) in [4.78, 5) is 1.20. The quantitative estimate of drug-likeness (QED) is 0.389. The van der Waals surface area contributed by atoms with Crippen molar-refractivity contribution in [1.82, 2.24) is 12.8 Å². The fraction of sp³-hybridized carbons (Fsp3) is 0.538.